The van der Waals surface area contributed by atoms with Crippen LogP contribution in [0.25, 0.3) is 0 Å². The first-order valence-corrected chi connectivity index (χ1v) is 5.34. The number of cyclic esters (lactones) is 1. The summed E-state index contributed by atoms with van der Waals surface area (Å²) in [6.45, 7) is -0.371. The van der Waals surface area contributed by atoms with E-state index < -0.39 is 48.3 Å². The van der Waals surface area contributed by atoms with Crippen molar-refractivity contribution >= 4 is 11.9 Å². The molecule has 1 atom stereocenters. The fraction of sp³-hybridized carbons (Fsp3) is 0.778. The number of hydrogen-bond acceptors (Lipinski definition) is 3. The van der Waals surface area contributed by atoms with Crippen molar-refractivity contribution in [2.75, 3.05) is 6.61 Å². The van der Waals surface area contributed by atoms with E-state index in [9.17, 15) is 49.1 Å². The van der Waals surface area contributed by atoms with Crippen LogP contribution in [-0.2, 0) is 14.3 Å². The number of nitrogens with one attached hydrogen (secondary N) is 1. The molecule has 1 aliphatic heterocycles. The van der Waals surface area contributed by atoms with Gasteiger partial charge in [0.05, 0.1) is 6.61 Å². The van der Waals surface area contributed by atoms with Gasteiger partial charge in [-0.3, -0.25) is 4.79 Å². The zero-order valence-corrected chi connectivity index (χ0v) is 10.1. The SMILES string of the molecule is O=C1OCCC1NC(=O)C(F)(F)C(F)(F)C(F)(F)C(F)(F)F. The van der Waals surface area contributed by atoms with Gasteiger partial charge < -0.3 is 10.1 Å². The van der Waals surface area contributed by atoms with Crippen LogP contribution < -0.4 is 5.32 Å². The largest absolute Gasteiger partial charge is 0.464 e. The summed E-state index contributed by atoms with van der Waals surface area (Å²) >= 11 is 0. The molecule has 0 bridgehead atoms. The highest BCUT2D eigenvalue weighted by Gasteiger charge is 2.83. The summed E-state index contributed by atoms with van der Waals surface area (Å²) < 4.78 is 117. The van der Waals surface area contributed by atoms with Gasteiger partial charge in [0.1, 0.15) is 6.04 Å². The second-order valence-electron chi connectivity index (χ2n) is 4.20. The second kappa shape index (κ2) is 5.19. The maximum absolute atomic E-state index is 13.1. The van der Waals surface area contributed by atoms with Gasteiger partial charge in [-0.05, 0) is 0 Å². The van der Waals surface area contributed by atoms with E-state index in [2.05, 4.69) is 4.74 Å². The maximum Gasteiger partial charge on any atom is 0.460 e. The van der Waals surface area contributed by atoms with Crippen molar-refractivity contribution in [3.8, 4) is 0 Å². The van der Waals surface area contributed by atoms with Crippen molar-refractivity contribution in [2.24, 2.45) is 0 Å². The minimum Gasteiger partial charge on any atom is -0.464 e. The molecule has 1 unspecified atom stereocenters. The highest BCUT2D eigenvalue weighted by molar-refractivity contribution is 5.90. The Morgan fingerprint density at radius 1 is 1.00 bits per heavy atom. The lowest BCUT2D eigenvalue weighted by Gasteiger charge is -2.32. The van der Waals surface area contributed by atoms with E-state index in [1.165, 1.54) is 0 Å². The van der Waals surface area contributed by atoms with Gasteiger partial charge >= 0.3 is 29.9 Å². The van der Waals surface area contributed by atoms with Gasteiger partial charge in [0, 0.05) is 6.42 Å². The van der Waals surface area contributed by atoms with Crippen molar-refractivity contribution < 1.29 is 53.8 Å². The fourth-order valence-electron chi connectivity index (χ4n) is 1.39. The second-order valence-corrected chi connectivity index (χ2v) is 4.20. The zero-order valence-electron chi connectivity index (χ0n) is 10.1. The van der Waals surface area contributed by atoms with Crippen LogP contribution in [-0.4, -0.2) is 48.5 Å². The van der Waals surface area contributed by atoms with Crippen molar-refractivity contribution in [1.82, 2.24) is 5.32 Å². The molecule has 128 valence electrons. The molecule has 1 amide bonds. The third kappa shape index (κ3) is 2.67. The molecular weight excluding hydrogens is 341 g/mol. The lowest BCUT2D eigenvalue weighted by atomic mass is 10.0. The molecule has 0 radical (unpaired) electrons. The predicted molar refractivity (Wildman–Crippen MR) is 48.4 cm³/mol. The van der Waals surface area contributed by atoms with E-state index in [0.717, 1.165) is 5.32 Å². The first kappa shape index (κ1) is 18.4. The molecule has 22 heavy (non-hydrogen) atoms. The van der Waals surface area contributed by atoms with Crippen LogP contribution in [0.15, 0.2) is 0 Å². The quantitative estimate of drug-likeness (QED) is 0.624. The highest BCUT2D eigenvalue weighted by atomic mass is 19.4. The minimum absolute atomic E-state index is 0.371. The summed E-state index contributed by atoms with van der Waals surface area (Å²) in [5.41, 5.74) is 0. The van der Waals surface area contributed by atoms with E-state index in [1.54, 1.807) is 0 Å². The van der Waals surface area contributed by atoms with Crippen LogP contribution in [0.1, 0.15) is 6.42 Å². The third-order valence-electron chi connectivity index (χ3n) is 2.67. The summed E-state index contributed by atoms with van der Waals surface area (Å²) in [5.74, 6) is -25.1. The molecule has 1 heterocycles. The molecule has 4 nitrogen and oxygen atoms in total. The minimum atomic E-state index is -7.17. The summed E-state index contributed by atoms with van der Waals surface area (Å²) in [5, 5.41) is 0.954. The lowest BCUT2D eigenvalue weighted by molar-refractivity contribution is -0.388. The Labute approximate surface area is 115 Å². The average Bonchev–Trinajstić information content (AvgIpc) is 2.73. The first-order chi connectivity index (χ1) is 9.66. The molecule has 1 N–H and O–H groups in total. The Morgan fingerprint density at radius 2 is 1.50 bits per heavy atom. The Morgan fingerprint density at radius 3 is 1.86 bits per heavy atom. The number of halogens is 9. The molecule has 1 aliphatic rings. The molecular formula is C9H6F9NO3. The topological polar surface area (TPSA) is 55.4 Å². The molecule has 0 aliphatic carbocycles. The number of hydrogen-bond donors (Lipinski definition) is 1. The van der Waals surface area contributed by atoms with Gasteiger partial charge in [0.2, 0.25) is 0 Å². The van der Waals surface area contributed by atoms with E-state index in [-0.39, 0.29) is 6.61 Å². The van der Waals surface area contributed by atoms with Crippen molar-refractivity contribution in [2.45, 2.75) is 36.4 Å². The van der Waals surface area contributed by atoms with Crippen molar-refractivity contribution in [3.05, 3.63) is 0 Å². The summed E-state index contributed by atoms with van der Waals surface area (Å²) in [4.78, 5) is 21.8. The number of carbonyl (C=O) groups is 2. The predicted octanol–water partition coefficient (Wildman–Crippen LogP) is 1.89. The molecule has 13 heteroatoms. The molecule has 1 saturated heterocycles. The van der Waals surface area contributed by atoms with Crippen LogP contribution >= 0.6 is 0 Å². The van der Waals surface area contributed by atoms with Crippen LogP contribution in [0, 0.1) is 0 Å². The Bertz CT molecular complexity index is 473. The smallest absolute Gasteiger partial charge is 0.460 e. The number of esters is 1. The molecule has 1 rings (SSSR count). The molecule has 1 fully saturated rings. The van der Waals surface area contributed by atoms with Gasteiger partial charge in [0.25, 0.3) is 5.91 Å². The van der Waals surface area contributed by atoms with Gasteiger partial charge in [-0.1, -0.05) is 0 Å². The van der Waals surface area contributed by atoms with Crippen LogP contribution in [0.3, 0.4) is 0 Å². The Hall–Kier alpha value is -1.69. The summed E-state index contributed by atoms with van der Waals surface area (Å²) in [6, 6.07) is -1.84. The number of amides is 1. The van der Waals surface area contributed by atoms with Gasteiger partial charge in [-0.2, -0.15) is 39.5 Å². The number of rotatable bonds is 4. The van der Waals surface area contributed by atoms with Crippen LogP contribution in [0.5, 0.6) is 0 Å². The molecule has 0 saturated carbocycles. The van der Waals surface area contributed by atoms with E-state index in [0.29, 0.717) is 0 Å². The third-order valence-corrected chi connectivity index (χ3v) is 2.67. The average molecular weight is 347 g/mol. The first-order valence-electron chi connectivity index (χ1n) is 5.34. The van der Waals surface area contributed by atoms with Crippen LogP contribution in [0.2, 0.25) is 0 Å². The summed E-state index contributed by atoms with van der Waals surface area (Å²) in [6.07, 6.45) is -7.45. The zero-order chi connectivity index (χ0) is 17.6. The Kier molecular flexibility index (Phi) is 4.33. The molecule has 0 spiro atoms. The van der Waals surface area contributed by atoms with Gasteiger partial charge in [-0.25, -0.2) is 4.79 Å². The molecule has 0 aromatic heterocycles. The fourth-order valence-corrected chi connectivity index (χ4v) is 1.39. The lowest BCUT2D eigenvalue weighted by Crippen LogP contribution is -2.66. The Balaban J connectivity index is 3.05. The molecule has 0 aromatic rings. The van der Waals surface area contributed by atoms with Gasteiger partial charge in [-0.15, -0.1) is 0 Å². The van der Waals surface area contributed by atoms with E-state index in [4.69, 9.17) is 0 Å². The van der Waals surface area contributed by atoms with Crippen LogP contribution in [0.4, 0.5) is 39.5 Å². The monoisotopic (exact) mass is 347 g/mol. The highest BCUT2D eigenvalue weighted by Crippen LogP contribution is 2.53. The number of ether oxygens (including phenoxy) is 1. The normalized spacial score (nSPS) is 20.8. The maximum atomic E-state index is 13.1. The molecule has 0 aromatic carbocycles. The standard InChI is InChI=1S/C9H6F9NO3/c10-6(11,5(21)19-3-1-2-22-4(3)20)7(12,13)8(14,15)9(16,17)18/h3H,1-2H2,(H,19,21). The van der Waals surface area contributed by atoms with E-state index >= 15 is 0 Å². The number of alkyl halides is 9. The van der Waals surface area contributed by atoms with Gasteiger partial charge in [0.15, 0.2) is 0 Å². The van der Waals surface area contributed by atoms with Crippen molar-refractivity contribution in [3.63, 3.8) is 0 Å². The number of carbonyl (C=O) groups excluding carboxylic acids is 2. The van der Waals surface area contributed by atoms with Crippen molar-refractivity contribution in [1.29, 1.82) is 0 Å². The summed E-state index contributed by atoms with van der Waals surface area (Å²) in [7, 11) is 0. The van der Waals surface area contributed by atoms with E-state index in [1.807, 2.05) is 0 Å².